The summed E-state index contributed by atoms with van der Waals surface area (Å²) in [5, 5.41) is 4.19. The molecule has 0 aromatic rings. The lowest BCUT2D eigenvalue weighted by Crippen LogP contribution is -2.36. The highest BCUT2D eigenvalue weighted by atomic mass is 15.6. The van der Waals surface area contributed by atoms with Crippen molar-refractivity contribution in [3.05, 3.63) is 24.6 Å². The first kappa shape index (κ1) is 7.19. The second-order valence-corrected chi connectivity index (χ2v) is 2.82. The molecule has 1 aliphatic heterocycles. The molecule has 0 saturated heterocycles. The van der Waals surface area contributed by atoms with Crippen LogP contribution in [0.25, 0.3) is 0 Å². The van der Waals surface area contributed by atoms with Crippen LogP contribution in [0, 0.1) is 0 Å². The van der Waals surface area contributed by atoms with Gasteiger partial charge in [-0.25, -0.2) is 0 Å². The van der Waals surface area contributed by atoms with E-state index < -0.39 is 0 Å². The summed E-state index contributed by atoms with van der Waals surface area (Å²) in [5.41, 5.74) is 1.07. The molecule has 0 N–H and O–H groups in total. The number of hydrogen-bond donors (Lipinski definition) is 0. The van der Waals surface area contributed by atoms with Gasteiger partial charge in [-0.05, 0) is 19.9 Å². The monoisotopic (exact) mass is 138 g/mol. The maximum absolute atomic E-state index is 3.90. The van der Waals surface area contributed by atoms with E-state index in [1.807, 2.05) is 24.3 Å². The number of allylic oxidation sites excluding steroid dienone is 1. The van der Waals surface area contributed by atoms with Gasteiger partial charge in [0.15, 0.2) is 0 Å². The predicted molar refractivity (Wildman–Crippen MR) is 43.0 cm³/mol. The molecule has 0 radical (unpaired) electrons. The fourth-order valence-electron chi connectivity index (χ4n) is 1.24. The van der Waals surface area contributed by atoms with Gasteiger partial charge in [0, 0.05) is 19.3 Å². The Morgan fingerprint density at radius 3 is 2.30 bits per heavy atom. The summed E-state index contributed by atoms with van der Waals surface area (Å²) in [6.07, 6.45) is 4.03. The van der Waals surface area contributed by atoms with Crippen LogP contribution in [0.2, 0.25) is 0 Å². The number of rotatable bonds is 1. The zero-order valence-corrected chi connectivity index (χ0v) is 6.83. The van der Waals surface area contributed by atoms with Gasteiger partial charge in [-0.2, -0.15) is 0 Å². The molecule has 0 atom stereocenters. The predicted octanol–water partition coefficient (Wildman–Crippen LogP) is 1.58. The Bertz CT molecular complexity index is 170. The van der Waals surface area contributed by atoms with Crippen molar-refractivity contribution in [1.29, 1.82) is 0 Å². The molecule has 2 heteroatoms. The maximum atomic E-state index is 3.90. The van der Waals surface area contributed by atoms with E-state index in [0.29, 0.717) is 6.04 Å². The summed E-state index contributed by atoms with van der Waals surface area (Å²) < 4.78 is 0. The first-order valence-corrected chi connectivity index (χ1v) is 3.52. The van der Waals surface area contributed by atoms with Gasteiger partial charge in [0.2, 0.25) is 0 Å². The minimum absolute atomic E-state index is 0.493. The standard InChI is InChI=1S/C8H14N2/c1-7(2)10-8(3)5-6-9(10)4/h5-7H,3H2,1-2,4H3. The van der Waals surface area contributed by atoms with Crippen molar-refractivity contribution in [2.45, 2.75) is 19.9 Å². The second-order valence-electron chi connectivity index (χ2n) is 2.82. The topological polar surface area (TPSA) is 6.48 Å². The molecular formula is C8H14N2. The highest BCUT2D eigenvalue weighted by molar-refractivity contribution is 5.17. The average Bonchev–Trinajstić information content (AvgIpc) is 2.11. The molecule has 0 spiro atoms. The van der Waals surface area contributed by atoms with Gasteiger partial charge in [0.1, 0.15) is 0 Å². The van der Waals surface area contributed by atoms with Gasteiger partial charge >= 0.3 is 0 Å². The summed E-state index contributed by atoms with van der Waals surface area (Å²) in [7, 11) is 2.02. The molecule has 0 amide bonds. The van der Waals surface area contributed by atoms with E-state index in [4.69, 9.17) is 0 Å². The van der Waals surface area contributed by atoms with E-state index >= 15 is 0 Å². The van der Waals surface area contributed by atoms with Gasteiger partial charge in [0.25, 0.3) is 0 Å². The lowest BCUT2D eigenvalue weighted by molar-refractivity contribution is 0.0763. The summed E-state index contributed by atoms with van der Waals surface area (Å²) in [6, 6.07) is 0.493. The van der Waals surface area contributed by atoms with Crippen LogP contribution in [0.5, 0.6) is 0 Å². The molecule has 1 heterocycles. The zero-order chi connectivity index (χ0) is 7.72. The Labute approximate surface area is 62.4 Å². The molecule has 0 saturated carbocycles. The lowest BCUT2D eigenvalue weighted by atomic mass is 10.3. The van der Waals surface area contributed by atoms with Crippen LogP contribution < -0.4 is 0 Å². The van der Waals surface area contributed by atoms with Crippen LogP contribution >= 0.6 is 0 Å². The smallest absolute Gasteiger partial charge is 0.0520 e. The Morgan fingerprint density at radius 1 is 1.50 bits per heavy atom. The van der Waals surface area contributed by atoms with E-state index in [-0.39, 0.29) is 0 Å². The fourth-order valence-corrected chi connectivity index (χ4v) is 1.24. The molecule has 1 rings (SSSR count). The average molecular weight is 138 g/mol. The van der Waals surface area contributed by atoms with E-state index in [1.54, 1.807) is 0 Å². The third-order valence-corrected chi connectivity index (χ3v) is 1.61. The zero-order valence-electron chi connectivity index (χ0n) is 6.83. The molecule has 0 aromatic heterocycles. The van der Waals surface area contributed by atoms with E-state index in [2.05, 4.69) is 25.4 Å². The highest BCUT2D eigenvalue weighted by Crippen LogP contribution is 2.17. The van der Waals surface area contributed by atoms with Crippen molar-refractivity contribution >= 4 is 0 Å². The molecular weight excluding hydrogens is 124 g/mol. The second kappa shape index (κ2) is 2.37. The van der Waals surface area contributed by atoms with Crippen LogP contribution in [0.4, 0.5) is 0 Å². The number of nitrogens with zero attached hydrogens (tertiary/aromatic N) is 2. The van der Waals surface area contributed by atoms with E-state index in [1.165, 1.54) is 0 Å². The fraction of sp³-hybridized carbons (Fsp3) is 0.500. The summed E-state index contributed by atoms with van der Waals surface area (Å²) in [5.74, 6) is 0. The number of hydrogen-bond acceptors (Lipinski definition) is 2. The minimum atomic E-state index is 0.493. The first-order chi connectivity index (χ1) is 4.63. The van der Waals surface area contributed by atoms with Crippen LogP contribution in [0.1, 0.15) is 13.8 Å². The van der Waals surface area contributed by atoms with Crippen LogP contribution in [0.15, 0.2) is 24.6 Å². The van der Waals surface area contributed by atoms with Crippen molar-refractivity contribution in [2.24, 2.45) is 0 Å². The van der Waals surface area contributed by atoms with Crippen molar-refractivity contribution in [3.63, 3.8) is 0 Å². The van der Waals surface area contributed by atoms with E-state index in [9.17, 15) is 0 Å². The maximum Gasteiger partial charge on any atom is 0.0520 e. The Kier molecular flexibility index (Phi) is 1.70. The van der Waals surface area contributed by atoms with Gasteiger partial charge < -0.3 is 0 Å². The quantitative estimate of drug-likeness (QED) is 0.543. The van der Waals surface area contributed by atoms with Gasteiger partial charge in [-0.3, -0.25) is 10.0 Å². The first-order valence-electron chi connectivity index (χ1n) is 3.52. The number of hydrazine groups is 1. The van der Waals surface area contributed by atoms with Crippen molar-refractivity contribution in [1.82, 2.24) is 10.0 Å². The summed E-state index contributed by atoms with van der Waals surface area (Å²) in [4.78, 5) is 0. The minimum Gasteiger partial charge on any atom is -0.295 e. The molecule has 2 nitrogen and oxygen atoms in total. The molecule has 10 heavy (non-hydrogen) atoms. The molecule has 1 aliphatic rings. The van der Waals surface area contributed by atoms with Crippen LogP contribution in [-0.2, 0) is 0 Å². The molecule has 0 unspecified atom stereocenters. The largest absolute Gasteiger partial charge is 0.295 e. The molecule has 56 valence electrons. The Morgan fingerprint density at radius 2 is 2.10 bits per heavy atom. The summed E-state index contributed by atoms with van der Waals surface area (Å²) in [6.45, 7) is 8.20. The SMILES string of the molecule is C=C1C=CN(C)N1C(C)C. The van der Waals surface area contributed by atoms with Crippen molar-refractivity contribution in [2.75, 3.05) is 7.05 Å². The van der Waals surface area contributed by atoms with Gasteiger partial charge in [0.05, 0.1) is 5.70 Å². The van der Waals surface area contributed by atoms with Crippen molar-refractivity contribution in [3.8, 4) is 0 Å². The van der Waals surface area contributed by atoms with Crippen LogP contribution in [-0.4, -0.2) is 23.1 Å². The third-order valence-electron chi connectivity index (χ3n) is 1.61. The van der Waals surface area contributed by atoms with Crippen molar-refractivity contribution < 1.29 is 0 Å². The van der Waals surface area contributed by atoms with E-state index in [0.717, 1.165) is 5.70 Å². The molecule has 0 aromatic carbocycles. The van der Waals surface area contributed by atoms with Gasteiger partial charge in [-0.1, -0.05) is 6.58 Å². The Hall–Kier alpha value is -0.920. The van der Waals surface area contributed by atoms with Gasteiger partial charge in [-0.15, -0.1) is 0 Å². The molecule has 0 bridgehead atoms. The lowest BCUT2D eigenvalue weighted by Gasteiger charge is -2.31. The molecule has 0 aliphatic carbocycles. The normalized spacial score (nSPS) is 17.8. The highest BCUT2D eigenvalue weighted by Gasteiger charge is 2.16. The molecule has 0 fully saturated rings. The third kappa shape index (κ3) is 1.01. The summed E-state index contributed by atoms with van der Waals surface area (Å²) >= 11 is 0. The Balaban J connectivity index is 2.69. The van der Waals surface area contributed by atoms with Crippen LogP contribution in [0.3, 0.4) is 0 Å².